The van der Waals surface area contributed by atoms with Gasteiger partial charge in [0.05, 0.1) is 19.4 Å². The molecule has 0 aliphatic rings. The molecule has 0 aliphatic carbocycles. The molecule has 0 aromatic carbocycles. The van der Waals surface area contributed by atoms with Gasteiger partial charge in [-0.15, -0.1) is 6.58 Å². The first kappa shape index (κ1) is 21.7. The van der Waals surface area contributed by atoms with Crippen molar-refractivity contribution >= 4 is 11.9 Å². The summed E-state index contributed by atoms with van der Waals surface area (Å²) in [5, 5.41) is 8.45. The molecule has 0 aromatic rings. The zero-order valence-electron chi connectivity index (χ0n) is 14.6. The number of unbranched alkanes of at least 4 members (excludes halogenated alkanes) is 11. The zero-order chi connectivity index (χ0) is 17.2. The van der Waals surface area contributed by atoms with Crippen LogP contribution in [0.5, 0.6) is 0 Å². The van der Waals surface area contributed by atoms with Crippen molar-refractivity contribution in [3.8, 4) is 0 Å². The van der Waals surface area contributed by atoms with Gasteiger partial charge in [0.2, 0.25) is 0 Å². The molecule has 0 saturated carbocycles. The number of carbonyl (C=O) groups is 2. The maximum Gasteiger partial charge on any atom is 0.306 e. The smallest absolute Gasteiger partial charge is 0.306 e. The maximum atomic E-state index is 11.2. The Morgan fingerprint density at radius 3 is 1.74 bits per heavy atom. The topological polar surface area (TPSA) is 63.6 Å². The van der Waals surface area contributed by atoms with E-state index < -0.39 is 11.9 Å². The minimum Gasteiger partial charge on any atom is -0.481 e. The molecule has 0 bridgehead atoms. The average molecular weight is 326 g/mol. The van der Waals surface area contributed by atoms with Crippen molar-refractivity contribution in [1.29, 1.82) is 0 Å². The van der Waals surface area contributed by atoms with Crippen molar-refractivity contribution in [1.82, 2.24) is 0 Å². The van der Waals surface area contributed by atoms with E-state index in [9.17, 15) is 9.59 Å². The second-order valence-corrected chi connectivity index (χ2v) is 6.08. The second-order valence-electron chi connectivity index (χ2n) is 6.08. The van der Waals surface area contributed by atoms with Crippen LogP contribution in [0.1, 0.15) is 89.9 Å². The summed E-state index contributed by atoms with van der Waals surface area (Å²) in [5.41, 5.74) is 0. The van der Waals surface area contributed by atoms with Gasteiger partial charge in [-0.05, 0) is 19.3 Å². The van der Waals surface area contributed by atoms with Gasteiger partial charge in [-0.25, -0.2) is 0 Å². The number of carboxylic acids is 1. The number of ether oxygens (including phenoxy) is 1. The predicted molar refractivity (Wildman–Crippen MR) is 93.4 cm³/mol. The fraction of sp³-hybridized carbons (Fsp3) is 0.789. The van der Waals surface area contributed by atoms with Crippen LogP contribution in [0.25, 0.3) is 0 Å². The molecule has 0 unspecified atom stereocenters. The lowest BCUT2D eigenvalue weighted by molar-refractivity contribution is -0.147. The van der Waals surface area contributed by atoms with Crippen LogP contribution in [0.15, 0.2) is 12.7 Å². The first-order valence-corrected chi connectivity index (χ1v) is 9.15. The normalized spacial score (nSPS) is 10.4. The SMILES string of the molecule is C=CCCCCCCCCCCCCCOC(=O)CCC(=O)O. The molecule has 0 aromatic heterocycles. The first-order valence-electron chi connectivity index (χ1n) is 9.15. The van der Waals surface area contributed by atoms with Crippen LogP contribution in [0.4, 0.5) is 0 Å². The van der Waals surface area contributed by atoms with E-state index in [2.05, 4.69) is 6.58 Å². The Morgan fingerprint density at radius 1 is 0.783 bits per heavy atom. The van der Waals surface area contributed by atoms with Gasteiger partial charge in [-0.1, -0.05) is 63.9 Å². The molecule has 0 spiro atoms. The van der Waals surface area contributed by atoms with E-state index in [0.29, 0.717) is 6.61 Å². The van der Waals surface area contributed by atoms with Gasteiger partial charge < -0.3 is 9.84 Å². The van der Waals surface area contributed by atoms with Gasteiger partial charge in [0.15, 0.2) is 0 Å². The number of carboxylic acid groups (broad SMARTS) is 1. The molecule has 0 aliphatic heterocycles. The minimum atomic E-state index is -0.960. The van der Waals surface area contributed by atoms with Gasteiger partial charge in [0, 0.05) is 0 Å². The van der Waals surface area contributed by atoms with E-state index in [0.717, 1.165) is 19.3 Å². The zero-order valence-corrected chi connectivity index (χ0v) is 14.6. The summed E-state index contributed by atoms with van der Waals surface area (Å²) >= 11 is 0. The lowest BCUT2D eigenvalue weighted by atomic mass is 10.1. The second kappa shape index (κ2) is 17.0. The lowest BCUT2D eigenvalue weighted by Gasteiger charge is -2.04. The highest BCUT2D eigenvalue weighted by molar-refractivity contribution is 5.76. The molecule has 0 saturated heterocycles. The minimum absolute atomic E-state index is 0.0249. The third kappa shape index (κ3) is 18.6. The van der Waals surface area contributed by atoms with Crippen LogP contribution < -0.4 is 0 Å². The molecule has 0 fully saturated rings. The molecule has 23 heavy (non-hydrogen) atoms. The Kier molecular flexibility index (Phi) is 16.1. The molecule has 0 atom stereocenters. The highest BCUT2D eigenvalue weighted by Crippen LogP contribution is 2.12. The summed E-state index contributed by atoms with van der Waals surface area (Å²) in [4.78, 5) is 21.5. The van der Waals surface area contributed by atoms with Crippen molar-refractivity contribution in [2.24, 2.45) is 0 Å². The largest absolute Gasteiger partial charge is 0.481 e. The van der Waals surface area contributed by atoms with Crippen LogP contribution in [-0.2, 0) is 14.3 Å². The number of hydrogen-bond donors (Lipinski definition) is 1. The standard InChI is InChI=1S/C19H34O4/c1-2-3-4-5-6-7-8-9-10-11-12-13-14-17-23-19(22)16-15-18(20)21/h2H,1,3-17H2,(H,20,21). The summed E-state index contributed by atoms with van der Waals surface area (Å²) in [6.07, 6.45) is 16.6. The molecule has 4 heteroatoms. The van der Waals surface area contributed by atoms with Gasteiger partial charge in [0.1, 0.15) is 0 Å². The average Bonchev–Trinajstić information content (AvgIpc) is 2.53. The van der Waals surface area contributed by atoms with Crippen LogP contribution in [0, 0.1) is 0 Å². The molecule has 0 rings (SSSR count). The van der Waals surface area contributed by atoms with Crippen LogP contribution >= 0.6 is 0 Å². The van der Waals surface area contributed by atoms with Crippen molar-refractivity contribution in [3.63, 3.8) is 0 Å². The van der Waals surface area contributed by atoms with Gasteiger partial charge >= 0.3 is 11.9 Å². The van der Waals surface area contributed by atoms with Crippen molar-refractivity contribution < 1.29 is 19.4 Å². The van der Waals surface area contributed by atoms with E-state index in [1.807, 2.05) is 6.08 Å². The Bertz CT molecular complexity index is 312. The highest BCUT2D eigenvalue weighted by Gasteiger charge is 2.05. The number of allylic oxidation sites excluding steroid dienone is 1. The molecule has 4 nitrogen and oxygen atoms in total. The van der Waals surface area contributed by atoms with Crippen LogP contribution in [0.3, 0.4) is 0 Å². The number of aliphatic carboxylic acids is 1. The lowest BCUT2D eigenvalue weighted by Crippen LogP contribution is -2.08. The Hall–Kier alpha value is -1.32. The fourth-order valence-electron chi connectivity index (χ4n) is 2.45. The number of carbonyl (C=O) groups excluding carboxylic acids is 1. The third-order valence-corrected chi connectivity index (χ3v) is 3.86. The van der Waals surface area contributed by atoms with E-state index >= 15 is 0 Å². The van der Waals surface area contributed by atoms with Crippen molar-refractivity contribution in [2.75, 3.05) is 6.61 Å². The highest BCUT2D eigenvalue weighted by atomic mass is 16.5. The van der Waals surface area contributed by atoms with E-state index in [4.69, 9.17) is 9.84 Å². The summed E-state index contributed by atoms with van der Waals surface area (Å²) in [6, 6.07) is 0. The predicted octanol–water partition coefficient (Wildman–Crippen LogP) is 5.26. The monoisotopic (exact) mass is 326 g/mol. The van der Waals surface area contributed by atoms with Crippen LogP contribution in [0.2, 0.25) is 0 Å². The summed E-state index contributed by atoms with van der Waals surface area (Å²) in [7, 11) is 0. The summed E-state index contributed by atoms with van der Waals surface area (Å²) < 4.78 is 4.98. The van der Waals surface area contributed by atoms with Gasteiger partial charge in [0.25, 0.3) is 0 Å². The number of rotatable bonds is 17. The third-order valence-electron chi connectivity index (χ3n) is 3.86. The molecule has 0 heterocycles. The molecule has 134 valence electrons. The van der Waals surface area contributed by atoms with E-state index in [-0.39, 0.29) is 12.8 Å². The Morgan fingerprint density at radius 2 is 1.26 bits per heavy atom. The fourth-order valence-corrected chi connectivity index (χ4v) is 2.45. The van der Waals surface area contributed by atoms with Gasteiger partial charge in [-0.3, -0.25) is 9.59 Å². The number of esters is 1. The quantitative estimate of drug-likeness (QED) is 0.225. The Balaban J connectivity index is 3.11. The van der Waals surface area contributed by atoms with Crippen LogP contribution in [-0.4, -0.2) is 23.7 Å². The van der Waals surface area contributed by atoms with E-state index in [1.165, 1.54) is 57.8 Å². The first-order chi connectivity index (χ1) is 11.2. The Labute approximate surface area is 141 Å². The molecule has 0 radical (unpaired) electrons. The summed E-state index contributed by atoms with van der Waals surface area (Å²) in [5.74, 6) is -1.36. The van der Waals surface area contributed by atoms with Gasteiger partial charge in [-0.2, -0.15) is 0 Å². The van der Waals surface area contributed by atoms with Crippen molar-refractivity contribution in [2.45, 2.75) is 89.9 Å². The summed E-state index contributed by atoms with van der Waals surface area (Å²) in [6.45, 7) is 4.15. The molecular weight excluding hydrogens is 292 g/mol. The molecular formula is C19H34O4. The maximum absolute atomic E-state index is 11.2. The number of hydrogen-bond acceptors (Lipinski definition) is 3. The molecule has 0 amide bonds. The van der Waals surface area contributed by atoms with E-state index in [1.54, 1.807) is 0 Å². The van der Waals surface area contributed by atoms with Crippen molar-refractivity contribution in [3.05, 3.63) is 12.7 Å². The molecule has 1 N–H and O–H groups in total.